The average molecular weight is 381 g/mol. The topological polar surface area (TPSA) is 79.8 Å². The van der Waals surface area contributed by atoms with Gasteiger partial charge < -0.3 is 24.6 Å². The van der Waals surface area contributed by atoms with Gasteiger partial charge in [0.15, 0.2) is 5.13 Å². The number of anilines is 3. The van der Waals surface area contributed by atoms with Crippen LogP contribution in [0, 0.1) is 0 Å². The first kappa shape index (κ1) is 16.7. The zero-order valence-corrected chi connectivity index (χ0v) is 15.3. The van der Waals surface area contributed by atoms with Crippen LogP contribution in [-0.4, -0.2) is 67.9 Å². The van der Waals surface area contributed by atoms with E-state index in [9.17, 15) is 4.79 Å². The predicted octanol–water partition coefficient (Wildman–Crippen LogP) is 1.53. The lowest BCUT2D eigenvalue weighted by atomic mass is 10.4. The van der Waals surface area contributed by atoms with Crippen molar-refractivity contribution in [1.29, 1.82) is 0 Å². The van der Waals surface area contributed by atoms with Crippen molar-refractivity contribution in [2.75, 3.05) is 67.7 Å². The number of carbonyl (C=O) groups is 1. The first-order valence-corrected chi connectivity index (χ1v) is 9.83. The molecule has 1 amide bonds. The molecule has 2 fully saturated rings. The maximum atomic E-state index is 12.6. The van der Waals surface area contributed by atoms with E-state index in [4.69, 9.17) is 9.47 Å². The summed E-state index contributed by atoms with van der Waals surface area (Å²) in [4.78, 5) is 21.4. The maximum Gasteiger partial charge on any atom is 0.275 e. The molecule has 2 aliphatic heterocycles. The van der Waals surface area contributed by atoms with Gasteiger partial charge in [-0.15, -0.1) is 11.3 Å². The number of aromatic nitrogens is 2. The number of morpholine rings is 2. The van der Waals surface area contributed by atoms with Crippen LogP contribution in [0.2, 0.25) is 0 Å². The van der Waals surface area contributed by atoms with Gasteiger partial charge in [0.05, 0.1) is 38.3 Å². The van der Waals surface area contributed by atoms with Crippen molar-refractivity contribution in [3.63, 3.8) is 0 Å². The van der Waals surface area contributed by atoms with Crippen LogP contribution in [0.4, 0.5) is 15.8 Å². The van der Waals surface area contributed by atoms with Crippen LogP contribution in [0.25, 0.3) is 0 Å². The van der Waals surface area contributed by atoms with Crippen molar-refractivity contribution < 1.29 is 14.3 Å². The van der Waals surface area contributed by atoms with Crippen molar-refractivity contribution in [1.82, 2.24) is 9.36 Å². The minimum absolute atomic E-state index is 0.203. The SMILES string of the molecule is O=C(Nc1cnsc1N1CCOCC1)c1csc(N2CCOCC2)n1. The molecule has 0 radical (unpaired) electrons. The first-order chi connectivity index (χ1) is 12.3. The number of amides is 1. The second kappa shape index (κ2) is 7.65. The molecule has 8 nitrogen and oxygen atoms in total. The molecule has 0 saturated carbocycles. The highest BCUT2D eigenvalue weighted by Gasteiger charge is 2.21. The van der Waals surface area contributed by atoms with Gasteiger partial charge in [-0.1, -0.05) is 0 Å². The summed E-state index contributed by atoms with van der Waals surface area (Å²) >= 11 is 2.87. The molecule has 0 unspecified atom stereocenters. The Morgan fingerprint density at radius 1 is 1.08 bits per heavy atom. The molecule has 1 N–H and O–H groups in total. The zero-order chi connectivity index (χ0) is 17.1. The number of ether oxygens (including phenoxy) is 2. The maximum absolute atomic E-state index is 12.6. The van der Waals surface area contributed by atoms with Crippen LogP contribution in [0.1, 0.15) is 10.5 Å². The minimum Gasteiger partial charge on any atom is -0.378 e. The Hall–Kier alpha value is -1.75. The Bertz CT molecular complexity index is 722. The van der Waals surface area contributed by atoms with Crippen LogP contribution >= 0.6 is 22.9 Å². The number of hydrogen-bond donors (Lipinski definition) is 1. The molecule has 0 atom stereocenters. The van der Waals surface area contributed by atoms with Crippen LogP contribution in [0.5, 0.6) is 0 Å². The average Bonchev–Trinajstić information content (AvgIpc) is 3.33. The molecule has 25 heavy (non-hydrogen) atoms. The fourth-order valence-corrected chi connectivity index (χ4v) is 4.39. The summed E-state index contributed by atoms with van der Waals surface area (Å²) in [7, 11) is 0. The van der Waals surface area contributed by atoms with Gasteiger partial charge in [0.2, 0.25) is 0 Å². The quantitative estimate of drug-likeness (QED) is 0.860. The Kier molecular flexibility index (Phi) is 5.11. The summed E-state index contributed by atoms with van der Waals surface area (Å²) in [5, 5.41) is 6.59. The minimum atomic E-state index is -0.203. The van der Waals surface area contributed by atoms with Gasteiger partial charge in [-0.25, -0.2) is 4.98 Å². The lowest BCUT2D eigenvalue weighted by Gasteiger charge is -2.27. The van der Waals surface area contributed by atoms with Gasteiger partial charge in [-0.2, -0.15) is 4.37 Å². The third-order valence-electron chi connectivity index (χ3n) is 4.10. The number of nitrogens with one attached hydrogen (secondary N) is 1. The van der Waals surface area contributed by atoms with E-state index < -0.39 is 0 Å². The van der Waals surface area contributed by atoms with Crippen LogP contribution < -0.4 is 15.1 Å². The van der Waals surface area contributed by atoms with Gasteiger partial charge in [-0.3, -0.25) is 4.79 Å². The molecule has 134 valence electrons. The smallest absolute Gasteiger partial charge is 0.275 e. The van der Waals surface area contributed by atoms with E-state index >= 15 is 0 Å². The lowest BCUT2D eigenvalue weighted by Crippen LogP contribution is -2.36. The normalized spacial score (nSPS) is 18.4. The monoisotopic (exact) mass is 381 g/mol. The highest BCUT2D eigenvalue weighted by molar-refractivity contribution is 7.14. The Morgan fingerprint density at radius 2 is 1.76 bits per heavy atom. The van der Waals surface area contributed by atoms with Crippen molar-refractivity contribution >= 4 is 44.6 Å². The molecule has 10 heteroatoms. The molecule has 2 aromatic heterocycles. The summed E-state index contributed by atoms with van der Waals surface area (Å²) in [5.74, 6) is -0.203. The summed E-state index contributed by atoms with van der Waals surface area (Å²) in [5.41, 5.74) is 1.17. The third-order valence-corrected chi connectivity index (χ3v) is 5.87. The molecule has 2 aromatic rings. The highest BCUT2D eigenvalue weighted by Crippen LogP contribution is 2.31. The number of rotatable bonds is 4. The van der Waals surface area contributed by atoms with Gasteiger partial charge >= 0.3 is 0 Å². The Morgan fingerprint density at radius 3 is 2.48 bits per heavy atom. The molecule has 4 heterocycles. The second-order valence-corrected chi connectivity index (χ2v) is 7.33. The summed E-state index contributed by atoms with van der Waals surface area (Å²) in [6.45, 7) is 6.02. The van der Waals surface area contributed by atoms with Gasteiger partial charge in [0.1, 0.15) is 10.7 Å². The fourth-order valence-electron chi connectivity index (χ4n) is 2.77. The highest BCUT2D eigenvalue weighted by atomic mass is 32.1. The Labute approximate surface area is 153 Å². The van der Waals surface area contributed by atoms with Crippen LogP contribution in [-0.2, 0) is 9.47 Å². The van der Waals surface area contributed by atoms with E-state index in [1.807, 2.05) is 0 Å². The van der Waals surface area contributed by atoms with Crippen molar-refractivity contribution in [3.05, 3.63) is 17.3 Å². The summed E-state index contributed by atoms with van der Waals surface area (Å²) in [6, 6.07) is 0. The molecule has 0 bridgehead atoms. The molecule has 0 spiro atoms. The molecular weight excluding hydrogens is 362 g/mol. The molecule has 2 aliphatic rings. The zero-order valence-electron chi connectivity index (χ0n) is 13.6. The van der Waals surface area contributed by atoms with E-state index in [0.717, 1.165) is 42.0 Å². The van der Waals surface area contributed by atoms with Crippen LogP contribution in [0.3, 0.4) is 0 Å². The fraction of sp³-hybridized carbons (Fsp3) is 0.533. The van der Waals surface area contributed by atoms with Gasteiger partial charge in [-0.05, 0) is 11.5 Å². The summed E-state index contributed by atoms with van der Waals surface area (Å²) < 4.78 is 15.0. The largest absolute Gasteiger partial charge is 0.378 e. The molecule has 4 rings (SSSR count). The predicted molar refractivity (Wildman–Crippen MR) is 98.2 cm³/mol. The van der Waals surface area contributed by atoms with E-state index in [1.54, 1.807) is 11.6 Å². The standard InChI is InChI=1S/C15H19N5O3S2/c21-13(12-10-24-15(18-12)20-3-7-23-8-4-20)17-11-9-16-25-14(11)19-1-5-22-6-2-19/h9-10H,1-8H2,(H,17,21). The van der Waals surface area contributed by atoms with E-state index in [0.29, 0.717) is 32.1 Å². The lowest BCUT2D eigenvalue weighted by molar-refractivity contribution is 0.102. The van der Waals surface area contributed by atoms with Crippen molar-refractivity contribution in [2.24, 2.45) is 0 Å². The second-order valence-electron chi connectivity index (χ2n) is 5.71. The molecular formula is C15H19N5O3S2. The van der Waals surface area contributed by atoms with Gasteiger partial charge in [0.25, 0.3) is 5.91 Å². The molecule has 2 saturated heterocycles. The van der Waals surface area contributed by atoms with Crippen molar-refractivity contribution in [2.45, 2.75) is 0 Å². The van der Waals surface area contributed by atoms with E-state index in [-0.39, 0.29) is 5.91 Å². The first-order valence-electron chi connectivity index (χ1n) is 8.18. The van der Waals surface area contributed by atoms with E-state index in [2.05, 4.69) is 24.5 Å². The van der Waals surface area contributed by atoms with Gasteiger partial charge in [0, 0.05) is 31.6 Å². The number of hydrogen-bond acceptors (Lipinski definition) is 9. The number of carbonyl (C=O) groups excluding carboxylic acids is 1. The Balaban J connectivity index is 1.44. The molecule has 0 aliphatic carbocycles. The summed E-state index contributed by atoms with van der Waals surface area (Å²) in [6.07, 6.45) is 1.70. The molecule has 0 aromatic carbocycles. The van der Waals surface area contributed by atoms with Crippen LogP contribution in [0.15, 0.2) is 11.6 Å². The van der Waals surface area contributed by atoms with E-state index in [1.165, 1.54) is 22.9 Å². The number of nitrogens with zero attached hydrogens (tertiary/aromatic N) is 4. The number of thiazole rings is 1. The third kappa shape index (κ3) is 3.76. The van der Waals surface area contributed by atoms with Crippen molar-refractivity contribution in [3.8, 4) is 0 Å².